The van der Waals surface area contributed by atoms with Gasteiger partial charge in [-0.2, -0.15) is 0 Å². The van der Waals surface area contributed by atoms with Crippen molar-refractivity contribution in [2.24, 2.45) is 4.99 Å². The van der Waals surface area contributed by atoms with Gasteiger partial charge in [0, 0.05) is 12.6 Å². The highest BCUT2D eigenvalue weighted by Gasteiger charge is 2.15. The lowest BCUT2D eigenvalue weighted by atomic mass is 10.2. The average Bonchev–Trinajstić information content (AvgIpc) is 3.24. The molecule has 0 unspecified atom stereocenters. The first-order valence-corrected chi connectivity index (χ1v) is 8.85. The number of aromatic nitrogens is 1. The molecular weight excluding hydrogens is 526 g/mol. The molecule has 31 heavy (non-hydrogen) atoms. The number of aliphatic imine (C=N–C) groups is 1. The van der Waals surface area contributed by atoms with Crippen molar-refractivity contribution < 1.29 is 22.4 Å². The van der Waals surface area contributed by atoms with E-state index in [0.29, 0.717) is 11.6 Å². The predicted molar refractivity (Wildman–Crippen MR) is 121 cm³/mol. The number of carbonyl (C=O) groups excluding carboxylic acids is 1. The van der Waals surface area contributed by atoms with Crippen LogP contribution in [0.3, 0.4) is 0 Å². The minimum atomic E-state index is -1.65. The van der Waals surface area contributed by atoms with E-state index in [1.54, 1.807) is 0 Å². The number of nitrogens with one attached hydrogen (secondary N) is 3. The van der Waals surface area contributed by atoms with Crippen molar-refractivity contribution in [3.05, 3.63) is 71.9 Å². The van der Waals surface area contributed by atoms with E-state index in [-0.39, 0.29) is 43.0 Å². The van der Waals surface area contributed by atoms with Crippen LogP contribution in [0.5, 0.6) is 0 Å². The number of benzene rings is 2. The molecule has 0 atom stereocenters. The number of anilines is 1. The second-order valence-electron chi connectivity index (χ2n) is 6.06. The molecule has 0 saturated carbocycles. The molecule has 0 aliphatic carbocycles. The molecule has 1 amide bonds. The molecule has 0 radical (unpaired) electrons. The molecule has 1 heterocycles. The fraction of sp³-hybridized carbons (Fsp3) is 0.150. The van der Waals surface area contributed by atoms with Gasteiger partial charge in [0.2, 0.25) is 11.8 Å². The maximum absolute atomic E-state index is 13.6. The zero-order valence-corrected chi connectivity index (χ0v) is 18.6. The Kier molecular flexibility index (Phi) is 8.85. The van der Waals surface area contributed by atoms with E-state index in [9.17, 15) is 18.0 Å². The summed E-state index contributed by atoms with van der Waals surface area (Å²) < 4.78 is 45.2. The summed E-state index contributed by atoms with van der Waals surface area (Å²) in [6.07, 6.45) is 1.50. The number of carbonyl (C=O) groups is 1. The van der Waals surface area contributed by atoms with Crippen molar-refractivity contribution in [2.45, 2.75) is 6.54 Å². The summed E-state index contributed by atoms with van der Waals surface area (Å²) in [6, 6.07) is 11.1. The van der Waals surface area contributed by atoms with Crippen LogP contribution in [-0.2, 0) is 11.3 Å². The Balaban J connectivity index is 0.00000341. The number of guanidine groups is 1. The largest absolute Gasteiger partial charge is 0.444 e. The quantitative estimate of drug-likeness (QED) is 0.190. The monoisotopic (exact) mass is 545 g/mol. The number of hydrogen-bond acceptors (Lipinski definition) is 4. The number of halogens is 4. The third-order valence-corrected chi connectivity index (χ3v) is 3.96. The van der Waals surface area contributed by atoms with Crippen LogP contribution in [0.4, 0.5) is 18.9 Å². The number of rotatable bonds is 6. The fourth-order valence-corrected chi connectivity index (χ4v) is 2.48. The number of hydrogen-bond donors (Lipinski definition) is 3. The van der Waals surface area contributed by atoms with E-state index in [2.05, 4.69) is 25.9 Å². The third-order valence-electron chi connectivity index (χ3n) is 3.96. The van der Waals surface area contributed by atoms with Crippen molar-refractivity contribution >= 4 is 41.5 Å². The first kappa shape index (κ1) is 24.2. The Morgan fingerprint density at radius 3 is 2.52 bits per heavy atom. The van der Waals surface area contributed by atoms with Gasteiger partial charge in [0.05, 0.1) is 24.5 Å². The van der Waals surface area contributed by atoms with Crippen LogP contribution >= 0.6 is 24.0 Å². The molecule has 2 aromatic carbocycles. The summed E-state index contributed by atoms with van der Waals surface area (Å²) in [6.45, 7) is -0.0123. The molecule has 1 aromatic heterocycles. The van der Waals surface area contributed by atoms with E-state index < -0.39 is 29.0 Å². The third kappa shape index (κ3) is 6.44. The summed E-state index contributed by atoms with van der Waals surface area (Å²) >= 11 is 0. The van der Waals surface area contributed by atoms with Crippen molar-refractivity contribution in [3.63, 3.8) is 0 Å². The molecule has 164 valence electrons. The molecule has 7 nitrogen and oxygen atoms in total. The van der Waals surface area contributed by atoms with Gasteiger partial charge in [-0.1, -0.05) is 18.2 Å². The van der Waals surface area contributed by atoms with E-state index >= 15 is 0 Å². The van der Waals surface area contributed by atoms with Crippen molar-refractivity contribution in [1.29, 1.82) is 0 Å². The Morgan fingerprint density at radius 1 is 1.06 bits per heavy atom. The minimum Gasteiger partial charge on any atom is -0.444 e. The molecule has 0 aliphatic heterocycles. The molecule has 3 rings (SSSR count). The molecule has 0 fully saturated rings. The Hall–Kier alpha value is -3.09. The van der Waals surface area contributed by atoms with Crippen LogP contribution in [0.25, 0.3) is 11.5 Å². The predicted octanol–water partition coefficient (Wildman–Crippen LogP) is 3.68. The second kappa shape index (κ2) is 11.3. The normalized spacial score (nSPS) is 10.9. The van der Waals surface area contributed by atoms with Crippen LogP contribution < -0.4 is 16.0 Å². The molecule has 3 N–H and O–H groups in total. The Labute approximate surface area is 193 Å². The zero-order valence-electron chi connectivity index (χ0n) is 16.3. The lowest BCUT2D eigenvalue weighted by Gasteiger charge is -2.11. The van der Waals surface area contributed by atoms with Gasteiger partial charge in [-0.3, -0.25) is 9.79 Å². The summed E-state index contributed by atoms with van der Waals surface area (Å²) in [5, 5.41) is 7.83. The first-order valence-electron chi connectivity index (χ1n) is 8.85. The summed E-state index contributed by atoms with van der Waals surface area (Å²) in [7, 11) is 1.50. The van der Waals surface area contributed by atoms with Crippen LogP contribution in [-0.4, -0.2) is 30.4 Å². The highest BCUT2D eigenvalue weighted by Crippen LogP contribution is 2.19. The van der Waals surface area contributed by atoms with Crippen molar-refractivity contribution in [3.8, 4) is 11.5 Å². The van der Waals surface area contributed by atoms with E-state index in [1.165, 1.54) is 13.3 Å². The number of nitrogens with zero attached hydrogens (tertiary/aromatic N) is 2. The van der Waals surface area contributed by atoms with Gasteiger partial charge >= 0.3 is 0 Å². The molecular formula is C20H19F3IN5O2. The highest BCUT2D eigenvalue weighted by atomic mass is 127. The van der Waals surface area contributed by atoms with Gasteiger partial charge in [0.15, 0.2) is 23.4 Å². The van der Waals surface area contributed by atoms with Crippen molar-refractivity contribution in [1.82, 2.24) is 15.6 Å². The fourth-order valence-electron chi connectivity index (χ4n) is 2.48. The summed E-state index contributed by atoms with van der Waals surface area (Å²) in [5.74, 6) is -4.37. The van der Waals surface area contributed by atoms with Crippen LogP contribution in [0.15, 0.2) is 58.1 Å². The SMILES string of the molecule is CN=C(NCC(=O)Nc1ccc(F)c(F)c1F)NCc1coc(-c2ccccc2)n1.I. The lowest BCUT2D eigenvalue weighted by Crippen LogP contribution is -2.41. The van der Waals surface area contributed by atoms with E-state index in [1.807, 2.05) is 30.3 Å². The van der Waals surface area contributed by atoms with E-state index in [4.69, 9.17) is 4.42 Å². The lowest BCUT2D eigenvalue weighted by molar-refractivity contribution is -0.115. The molecule has 0 bridgehead atoms. The molecule has 11 heteroatoms. The number of oxazole rings is 1. The molecule has 0 spiro atoms. The maximum Gasteiger partial charge on any atom is 0.243 e. The highest BCUT2D eigenvalue weighted by molar-refractivity contribution is 14.0. The van der Waals surface area contributed by atoms with Gasteiger partial charge in [-0.15, -0.1) is 24.0 Å². The van der Waals surface area contributed by atoms with Gasteiger partial charge in [-0.25, -0.2) is 18.2 Å². The van der Waals surface area contributed by atoms with E-state index in [0.717, 1.165) is 17.7 Å². The van der Waals surface area contributed by atoms with Gasteiger partial charge in [0.1, 0.15) is 6.26 Å². The van der Waals surface area contributed by atoms with Crippen LogP contribution in [0.1, 0.15) is 5.69 Å². The van der Waals surface area contributed by atoms with Gasteiger partial charge < -0.3 is 20.4 Å². The van der Waals surface area contributed by atoms with Crippen LogP contribution in [0, 0.1) is 17.5 Å². The molecule has 0 saturated heterocycles. The smallest absolute Gasteiger partial charge is 0.243 e. The molecule has 0 aliphatic rings. The van der Waals surface area contributed by atoms with Crippen LogP contribution in [0.2, 0.25) is 0 Å². The van der Waals surface area contributed by atoms with Gasteiger partial charge in [-0.05, 0) is 24.3 Å². The van der Waals surface area contributed by atoms with Crippen molar-refractivity contribution in [2.75, 3.05) is 18.9 Å². The zero-order chi connectivity index (χ0) is 21.5. The average molecular weight is 545 g/mol. The maximum atomic E-state index is 13.6. The standard InChI is InChI=1S/C20H18F3N5O2.HI/c1-24-20(25-9-13-11-30-19(27-13)12-5-3-2-4-6-12)26-10-16(29)28-15-8-7-14(21)17(22)18(15)23;/h2-8,11H,9-10H2,1H3,(H,28,29)(H2,24,25,26);1H. The second-order valence-corrected chi connectivity index (χ2v) is 6.06. The Bertz CT molecular complexity index is 1060. The minimum absolute atomic E-state index is 0. The topological polar surface area (TPSA) is 91.5 Å². The van der Waals surface area contributed by atoms with Gasteiger partial charge in [0.25, 0.3) is 0 Å². The number of amides is 1. The molecule has 3 aromatic rings. The summed E-state index contributed by atoms with van der Waals surface area (Å²) in [5.41, 5.74) is 0.997. The summed E-state index contributed by atoms with van der Waals surface area (Å²) in [4.78, 5) is 20.3. The first-order chi connectivity index (χ1) is 14.5. The Morgan fingerprint density at radius 2 is 1.81 bits per heavy atom.